The van der Waals surface area contributed by atoms with Crippen molar-refractivity contribution >= 4 is 17.5 Å². The monoisotopic (exact) mass is 316 g/mol. The van der Waals surface area contributed by atoms with E-state index in [1.807, 2.05) is 28.9 Å². The number of primary amides is 1. The van der Waals surface area contributed by atoms with Gasteiger partial charge in [-0.1, -0.05) is 18.2 Å². The van der Waals surface area contributed by atoms with Crippen molar-refractivity contribution in [2.24, 2.45) is 5.73 Å². The van der Waals surface area contributed by atoms with Crippen molar-refractivity contribution < 1.29 is 9.59 Å². The van der Waals surface area contributed by atoms with E-state index < -0.39 is 0 Å². The minimum absolute atomic E-state index is 0.160. The van der Waals surface area contributed by atoms with Crippen LogP contribution in [-0.4, -0.2) is 66.9 Å². The zero-order chi connectivity index (χ0) is 16.4. The molecule has 124 valence electrons. The van der Waals surface area contributed by atoms with Gasteiger partial charge in [0.05, 0.1) is 12.6 Å². The molecule has 0 saturated carbocycles. The molecule has 1 saturated heterocycles. The van der Waals surface area contributed by atoms with Crippen LogP contribution in [0.2, 0.25) is 0 Å². The minimum Gasteiger partial charge on any atom is -0.368 e. The number of nitrogens with two attached hydrogens (primary N) is 1. The van der Waals surface area contributed by atoms with Crippen molar-refractivity contribution in [1.82, 2.24) is 9.80 Å². The smallest absolute Gasteiger partial charge is 0.242 e. The fraction of sp³-hybridized carbons (Fsp3) is 0.529. The lowest BCUT2D eigenvalue weighted by molar-refractivity contribution is -0.132. The van der Waals surface area contributed by atoms with Gasteiger partial charge in [-0.2, -0.15) is 0 Å². The van der Waals surface area contributed by atoms with Gasteiger partial charge in [-0.25, -0.2) is 0 Å². The fourth-order valence-electron chi connectivity index (χ4n) is 3.37. The van der Waals surface area contributed by atoms with E-state index in [2.05, 4.69) is 17.0 Å². The maximum absolute atomic E-state index is 12.5. The Bertz CT molecular complexity index is 596. The van der Waals surface area contributed by atoms with E-state index in [0.717, 1.165) is 13.0 Å². The summed E-state index contributed by atoms with van der Waals surface area (Å²) in [7, 11) is 0. The maximum atomic E-state index is 12.5. The quantitative estimate of drug-likeness (QED) is 0.853. The van der Waals surface area contributed by atoms with Gasteiger partial charge in [0.1, 0.15) is 0 Å². The summed E-state index contributed by atoms with van der Waals surface area (Å²) in [6.45, 7) is 5.88. The van der Waals surface area contributed by atoms with E-state index in [9.17, 15) is 9.59 Å². The number of benzene rings is 1. The maximum Gasteiger partial charge on any atom is 0.242 e. The number of fused-ring (bicyclic) bond motifs is 1. The molecule has 3 rings (SSSR count). The van der Waals surface area contributed by atoms with Crippen molar-refractivity contribution in [1.29, 1.82) is 0 Å². The molecule has 2 aliphatic heterocycles. The highest BCUT2D eigenvalue weighted by Gasteiger charge is 2.28. The first kappa shape index (κ1) is 15.8. The molecule has 0 aromatic heterocycles. The van der Waals surface area contributed by atoms with E-state index in [1.165, 1.54) is 11.3 Å². The van der Waals surface area contributed by atoms with E-state index in [4.69, 9.17) is 5.73 Å². The number of nitrogens with zero attached hydrogens (tertiary/aromatic N) is 3. The summed E-state index contributed by atoms with van der Waals surface area (Å²) in [6, 6.07) is 8.01. The highest BCUT2D eigenvalue weighted by Crippen LogP contribution is 2.27. The average Bonchev–Trinajstić information content (AvgIpc) is 2.97. The Morgan fingerprint density at radius 3 is 2.52 bits per heavy atom. The highest BCUT2D eigenvalue weighted by atomic mass is 16.2. The summed E-state index contributed by atoms with van der Waals surface area (Å²) in [4.78, 5) is 29.9. The van der Waals surface area contributed by atoms with Crippen LogP contribution in [-0.2, 0) is 16.0 Å². The lowest BCUT2D eigenvalue weighted by Gasteiger charge is -2.37. The number of hydrogen-bond acceptors (Lipinski definition) is 4. The molecule has 2 amide bonds. The number of hydrogen-bond donors (Lipinski definition) is 1. The number of piperazine rings is 1. The van der Waals surface area contributed by atoms with Gasteiger partial charge in [0.15, 0.2) is 0 Å². The first-order valence-electron chi connectivity index (χ1n) is 8.20. The van der Waals surface area contributed by atoms with Crippen LogP contribution in [0.5, 0.6) is 0 Å². The number of carbonyl (C=O) groups is 2. The number of rotatable bonds is 4. The molecule has 6 heteroatoms. The zero-order valence-electron chi connectivity index (χ0n) is 13.6. The van der Waals surface area contributed by atoms with Crippen molar-refractivity contribution in [3.8, 4) is 0 Å². The first-order valence-corrected chi connectivity index (χ1v) is 8.20. The molecule has 2 heterocycles. The van der Waals surface area contributed by atoms with Gasteiger partial charge >= 0.3 is 0 Å². The summed E-state index contributed by atoms with van der Waals surface area (Å²) < 4.78 is 0. The fourth-order valence-corrected chi connectivity index (χ4v) is 3.37. The summed E-state index contributed by atoms with van der Waals surface area (Å²) in [5.41, 5.74) is 7.85. The third-order valence-electron chi connectivity index (χ3n) is 4.94. The SMILES string of the molecule is C[C@H](C(N)=O)N1CCN(C(=O)CN2CCc3ccccc32)CC1. The van der Waals surface area contributed by atoms with Crippen LogP contribution in [0.15, 0.2) is 24.3 Å². The average molecular weight is 316 g/mol. The molecule has 2 aliphatic rings. The predicted molar refractivity (Wildman–Crippen MR) is 89.2 cm³/mol. The molecule has 0 aliphatic carbocycles. The second kappa shape index (κ2) is 6.58. The van der Waals surface area contributed by atoms with Gasteiger partial charge in [-0.05, 0) is 25.0 Å². The topological polar surface area (TPSA) is 69.9 Å². The number of anilines is 1. The second-order valence-corrected chi connectivity index (χ2v) is 6.30. The second-order valence-electron chi connectivity index (χ2n) is 6.30. The lowest BCUT2D eigenvalue weighted by Crippen LogP contribution is -2.55. The molecule has 0 spiro atoms. The van der Waals surface area contributed by atoms with E-state index >= 15 is 0 Å². The van der Waals surface area contributed by atoms with Crippen LogP contribution in [0.4, 0.5) is 5.69 Å². The number of para-hydroxylation sites is 1. The van der Waals surface area contributed by atoms with Crippen LogP contribution in [0.1, 0.15) is 12.5 Å². The Balaban J connectivity index is 1.54. The largest absolute Gasteiger partial charge is 0.368 e. The van der Waals surface area contributed by atoms with Crippen LogP contribution >= 0.6 is 0 Å². The molecule has 23 heavy (non-hydrogen) atoms. The summed E-state index contributed by atoms with van der Waals surface area (Å²) in [6.07, 6.45) is 1.01. The molecule has 1 aromatic carbocycles. The summed E-state index contributed by atoms with van der Waals surface area (Å²) in [5, 5.41) is 0. The van der Waals surface area contributed by atoms with Crippen molar-refractivity contribution in [2.45, 2.75) is 19.4 Å². The third kappa shape index (κ3) is 3.32. The van der Waals surface area contributed by atoms with Crippen LogP contribution < -0.4 is 10.6 Å². The Morgan fingerprint density at radius 2 is 1.83 bits per heavy atom. The van der Waals surface area contributed by atoms with Gasteiger partial charge in [0.25, 0.3) is 0 Å². The van der Waals surface area contributed by atoms with E-state index in [-0.39, 0.29) is 17.9 Å². The minimum atomic E-state index is -0.307. The highest BCUT2D eigenvalue weighted by molar-refractivity contribution is 5.83. The lowest BCUT2D eigenvalue weighted by atomic mass is 10.2. The summed E-state index contributed by atoms with van der Waals surface area (Å²) in [5.74, 6) is -0.147. The Morgan fingerprint density at radius 1 is 1.13 bits per heavy atom. The van der Waals surface area contributed by atoms with Crippen LogP contribution in [0.25, 0.3) is 0 Å². The Labute approximate surface area is 136 Å². The van der Waals surface area contributed by atoms with Crippen molar-refractivity contribution in [2.75, 3.05) is 44.2 Å². The predicted octanol–water partition coefficient (Wildman–Crippen LogP) is 0.0671. The molecule has 1 atom stereocenters. The molecule has 1 aromatic rings. The van der Waals surface area contributed by atoms with Gasteiger partial charge in [0, 0.05) is 38.4 Å². The van der Waals surface area contributed by atoms with Crippen molar-refractivity contribution in [3.05, 3.63) is 29.8 Å². The first-order chi connectivity index (χ1) is 11.1. The molecule has 2 N–H and O–H groups in total. The molecular formula is C17H24N4O2. The number of carbonyl (C=O) groups excluding carboxylic acids is 2. The van der Waals surface area contributed by atoms with E-state index in [0.29, 0.717) is 32.7 Å². The molecule has 0 unspecified atom stereocenters. The molecule has 6 nitrogen and oxygen atoms in total. The molecule has 0 bridgehead atoms. The van der Waals surface area contributed by atoms with Gasteiger partial charge in [-0.15, -0.1) is 0 Å². The van der Waals surface area contributed by atoms with E-state index in [1.54, 1.807) is 0 Å². The normalized spacial score (nSPS) is 19.5. The zero-order valence-corrected chi connectivity index (χ0v) is 13.6. The van der Waals surface area contributed by atoms with Crippen molar-refractivity contribution in [3.63, 3.8) is 0 Å². The molecule has 1 fully saturated rings. The van der Waals surface area contributed by atoms with Crippen LogP contribution in [0.3, 0.4) is 0 Å². The van der Waals surface area contributed by atoms with Gasteiger partial charge in [0.2, 0.25) is 11.8 Å². The van der Waals surface area contributed by atoms with Gasteiger partial charge in [-0.3, -0.25) is 14.5 Å². The third-order valence-corrected chi connectivity index (χ3v) is 4.94. The Hall–Kier alpha value is -2.08. The molecular weight excluding hydrogens is 292 g/mol. The Kier molecular flexibility index (Phi) is 4.52. The standard InChI is InChI=1S/C17H24N4O2/c1-13(17(18)23)19-8-10-20(11-9-19)16(22)12-21-7-6-14-4-2-3-5-15(14)21/h2-5,13H,6-12H2,1H3,(H2,18,23)/t13-/m1/s1. The van der Waals surface area contributed by atoms with Crippen LogP contribution in [0, 0.1) is 0 Å². The number of amides is 2. The summed E-state index contributed by atoms with van der Waals surface area (Å²) >= 11 is 0. The van der Waals surface area contributed by atoms with Gasteiger partial charge < -0.3 is 15.5 Å². The molecule has 0 radical (unpaired) electrons.